The van der Waals surface area contributed by atoms with E-state index < -0.39 is 0 Å². The number of hydrogen-bond donors (Lipinski definition) is 0. The van der Waals surface area contributed by atoms with Gasteiger partial charge >= 0.3 is 0 Å². The van der Waals surface area contributed by atoms with Crippen molar-refractivity contribution in [3.8, 4) is 48.9 Å². The summed E-state index contributed by atoms with van der Waals surface area (Å²) >= 11 is 17.9. The van der Waals surface area contributed by atoms with Gasteiger partial charge in [0.05, 0.1) is 18.3 Å². The van der Waals surface area contributed by atoms with Crippen LogP contribution in [0.15, 0.2) is 176 Å². The number of anilines is 3. The van der Waals surface area contributed by atoms with Gasteiger partial charge in [-0.25, -0.2) is 0 Å². The predicted octanol–water partition coefficient (Wildman–Crippen LogP) is 20.5. The monoisotopic (exact) mass is 1200 g/mol. The van der Waals surface area contributed by atoms with E-state index in [-0.39, 0.29) is 5.41 Å². The van der Waals surface area contributed by atoms with Crippen LogP contribution in [-0.4, -0.2) is 15.4 Å². The molecule has 0 atom stereocenters. The SMILES string of the molecule is CCCCCCC1(CCCCCCOc2ccc(-c3ccc(-c4ccc(-c5ccc(N(c6ccc(Br)cc6)c6ccc(Br)cc6)cc5)s4)c4nsnc34)cc2)c2cc(Br)ccc2-c2ccc(Br)cc21. The molecule has 0 saturated heterocycles. The quantitative estimate of drug-likeness (QED) is 0.0757. The molecule has 0 unspecified atom stereocenters. The predicted molar refractivity (Wildman–Crippen MR) is 307 cm³/mol. The smallest absolute Gasteiger partial charge is 0.119 e. The van der Waals surface area contributed by atoms with Gasteiger partial charge in [-0.15, -0.1) is 11.3 Å². The molecule has 69 heavy (non-hydrogen) atoms. The molecule has 10 rings (SSSR count). The van der Waals surface area contributed by atoms with E-state index in [4.69, 9.17) is 13.5 Å². The molecule has 2 heterocycles. The van der Waals surface area contributed by atoms with Crippen molar-refractivity contribution in [3.05, 3.63) is 187 Å². The van der Waals surface area contributed by atoms with E-state index in [0.717, 1.165) is 72.3 Å². The van der Waals surface area contributed by atoms with Crippen molar-refractivity contribution < 1.29 is 4.74 Å². The molecule has 0 N–H and O–H groups in total. The minimum atomic E-state index is 0.0548. The molecule has 2 aromatic heterocycles. The fourth-order valence-electron chi connectivity index (χ4n) is 10.1. The summed E-state index contributed by atoms with van der Waals surface area (Å²) < 4.78 is 20.4. The van der Waals surface area contributed by atoms with E-state index in [1.54, 1.807) is 11.3 Å². The van der Waals surface area contributed by atoms with Crippen LogP contribution in [0, 0.1) is 0 Å². The Morgan fingerprint density at radius 2 is 0.942 bits per heavy atom. The summed E-state index contributed by atoms with van der Waals surface area (Å²) in [5, 5.41) is 0. The third-order valence-corrected chi connectivity index (χ3v) is 17.3. The van der Waals surface area contributed by atoms with Crippen molar-refractivity contribution in [1.82, 2.24) is 8.75 Å². The molecule has 0 spiro atoms. The van der Waals surface area contributed by atoms with Crippen LogP contribution in [0.25, 0.3) is 54.2 Å². The third kappa shape index (κ3) is 10.5. The Labute approximate surface area is 448 Å². The zero-order valence-corrected chi connectivity index (χ0v) is 46.3. The van der Waals surface area contributed by atoms with Gasteiger partial charge in [0, 0.05) is 61.2 Å². The molecule has 0 radical (unpaired) electrons. The number of ether oxygens (including phenoxy) is 1. The molecule has 0 saturated carbocycles. The molecule has 9 aromatic rings. The van der Waals surface area contributed by atoms with Gasteiger partial charge < -0.3 is 9.64 Å². The van der Waals surface area contributed by atoms with E-state index in [0.29, 0.717) is 6.61 Å². The second-order valence-corrected chi connectivity index (χ2v) is 23.2. The Hall–Kier alpha value is -4.42. The van der Waals surface area contributed by atoms with Crippen molar-refractivity contribution in [3.63, 3.8) is 0 Å². The second kappa shape index (κ2) is 21.9. The lowest BCUT2D eigenvalue weighted by molar-refractivity contribution is 0.302. The minimum Gasteiger partial charge on any atom is -0.494 e. The zero-order valence-electron chi connectivity index (χ0n) is 38.4. The number of aromatic nitrogens is 2. The molecule has 4 nitrogen and oxygen atoms in total. The van der Waals surface area contributed by atoms with Crippen molar-refractivity contribution in [2.24, 2.45) is 0 Å². The van der Waals surface area contributed by atoms with Crippen molar-refractivity contribution >= 4 is 115 Å². The maximum Gasteiger partial charge on any atom is 0.119 e. The number of rotatable bonds is 19. The van der Waals surface area contributed by atoms with Crippen LogP contribution in [0.5, 0.6) is 5.75 Å². The first-order valence-corrected chi connectivity index (χ1v) is 28.6. The highest BCUT2D eigenvalue weighted by atomic mass is 79.9. The Morgan fingerprint density at radius 3 is 1.54 bits per heavy atom. The van der Waals surface area contributed by atoms with Crippen LogP contribution >= 0.6 is 86.8 Å². The van der Waals surface area contributed by atoms with E-state index in [9.17, 15) is 0 Å². The number of halogens is 4. The maximum atomic E-state index is 6.31. The Morgan fingerprint density at radius 1 is 0.464 bits per heavy atom. The van der Waals surface area contributed by atoms with E-state index in [2.05, 4.69) is 233 Å². The highest BCUT2D eigenvalue weighted by Crippen LogP contribution is 2.55. The maximum absolute atomic E-state index is 6.31. The van der Waals surface area contributed by atoms with Gasteiger partial charge in [0.15, 0.2) is 0 Å². The van der Waals surface area contributed by atoms with Crippen molar-refractivity contribution in [1.29, 1.82) is 0 Å². The molecule has 0 fully saturated rings. The average Bonchev–Trinajstić information content (AvgIpc) is 4.13. The Bertz CT molecular complexity index is 3090. The lowest BCUT2D eigenvalue weighted by Gasteiger charge is -2.33. The van der Waals surface area contributed by atoms with Crippen LogP contribution in [0.3, 0.4) is 0 Å². The summed E-state index contributed by atoms with van der Waals surface area (Å²) in [4.78, 5) is 4.65. The first-order valence-electron chi connectivity index (χ1n) is 23.9. The summed E-state index contributed by atoms with van der Waals surface area (Å²) in [7, 11) is 0. The first-order chi connectivity index (χ1) is 33.8. The van der Waals surface area contributed by atoms with Gasteiger partial charge in [-0.2, -0.15) is 8.75 Å². The summed E-state index contributed by atoms with van der Waals surface area (Å²) in [5.41, 5.74) is 15.5. The molecule has 7 aromatic carbocycles. The van der Waals surface area contributed by atoms with E-state index in [1.807, 2.05) is 0 Å². The van der Waals surface area contributed by atoms with E-state index in [1.165, 1.54) is 110 Å². The molecular weight excluding hydrogens is 1150 g/mol. The molecule has 348 valence electrons. The van der Waals surface area contributed by atoms with Gasteiger partial charge in [-0.1, -0.05) is 164 Å². The molecular formula is C59H51Br4N3OS2. The van der Waals surface area contributed by atoms with Gasteiger partial charge in [0.25, 0.3) is 0 Å². The summed E-state index contributed by atoms with van der Waals surface area (Å²) in [6.45, 7) is 3.01. The average molecular weight is 1200 g/mol. The van der Waals surface area contributed by atoms with Crippen LogP contribution in [0.1, 0.15) is 82.3 Å². The number of thiophene rings is 1. The van der Waals surface area contributed by atoms with E-state index >= 15 is 0 Å². The fourth-order valence-corrected chi connectivity index (χ4v) is 13.0. The number of unbranched alkanes of at least 4 members (excludes halogenated alkanes) is 6. The van der Waals surface area contributed by atoms with Crippen LogP contribution in [0.2, 0.25) is 0 Å². The highest BCUT2D eigenvalue weighted by Gasteiger charge is 2.42. The van der Waals surface area contributed by atoms with Crippen molar-refractivity contribution in [2.75, 3.05) is 11.5 Å². The van der Waals surface area contributed by atoms with Gasteiger partial charge in [0.1, 0.15) is 16.8 Å². The first kappa shape index (κ1) is 48.2. The summed E-state index contributed by atoms with van der Waals surface area (Å²) in [5.74, 6) is 0.901. The van der Waals surface area contributed by atoms with Gasteiger partial charge in [-0.05, 0) is 162 Å². The second-order valence-electron chi connectivity index (χ2n) is 17.9. The van der Waals surface area contributed by atoms with Crippen LogP contribution in [-0.2, 0) is 5.41 Å². The summed E-state index contributed by atoms with van der Waals surface area (Å²) in [6, 6.07) is 56.9. The highest BCUT2D eigenvalue weighted by molar-refractivity contribution is 9.11. The number of hydrogen-bond acceptors (Lipinski definition) is 6. The normalized spacial score (nSPS) is 12.6. The van der Waals surface area contributed by atoms with Crippen LogP contribution < -0.4 is 9.64 Å². The topological polar surface area (TPSA) is 38.2 Å². The molecule has 10 heteroatoms. The molecule has 1 aliphatic carbocycles. The zero-order chi connectivity index (χ0) is 47.3. The molecule has 0 bridgehead atoms. The number of nitrogens with zero attached hydrogens (tertiary/aromatic N) is 3. The standard InChI is InChI=1S/C59H51Br4N3OS2/c1-2-3-4-7-34-59(53-37-43(62)18-28-50(53)51-29-19-44(63)38-54(51)59)35-8-5-6-9-36-67-48-26-12-39(13-27-48)49-30-31-52(58-57(49)64-69-65-58)56-33-32-55(68-56)40-10-20-45(21-11-40)66(46-22-14-41(60)15-23-46)47-24-16-42(61)17-25-47/h10-33,37-38H,2-9,34-36H2,1H3. The molecule has 1 aliphatic rings. The minimum absolute atomic E-state index is 0.0548. The molecule has 0 amide bonds. The lowest BCUT2D eigenvalue weighted by atomic mass is 9.70. The lowest BCUT2D eigenvalue weighted by Crippen LogP contribution is -2.25. The largest absolute Gasteiger partial charge is 0.494 e. The van der Waals surface area contributed by atoms with Gasteiger partial charge in [-0.3, -0.25) is 0 Å². The Kier molecular flexibility index (Phi) is 15.3. The van der Waals surface area contributed by atoms with Crippen LogP contribution in [0.4, 0.5) is 17.1 Å². The van der Waals surface area contributed by atoms with Crippen molar-refractivity contribution in [2.45, 2.75) is 76.5 Å². The fraction of sp³-hybridized carbons (Fsp3) is 0.220. The number of benzene rings is 7. The number of fused-ring (bicyclic) bond motifs is 4. The summed E-state index contributed by atoms with van der Waals surface area (Å²) in [6.07, 6.45) is 12.0. The molecule has 0 aliphatic heterocycles. The third-order valence-electron chi connectivity index (χ3n) is 13.5. The van der Waals surface area contributed by atoms with Gasteiger partial charge in [0.2, 0.25) is 0 Å². The Balaban J connectivity index is 0.763.